The predicted molar refractivity (Wildman–Crippen MR) is 46.2 cm³/mol. The van der Waals surface area contributed by atoms with Crippen molar-refractivity contribution in [3.63, 3.8) is 0 Å². The second kappa shape index (κ2) is 4.34. The van der Waals surface area contributed by atoms with Crippen molar-refractivity contribution in [1.29, 1.82) is 0 Å². The number of methoxy groups -OCH3 is 1. The standard InChI is InChI=1S/C8H17NO4/c1-9(2)6-5(10)4-13-8(12-3)7(6)11/h5-8,10-11H,4H2,1-3H3/t5-,6-,7-,8+/m1/s1. The highest BCUT2D eigenvalue weighted by atomic mass is 16.7. The average Bonchev–Trinajstić information content (AvgIpc) is 2.04. The second-order valence-electron chi connectivity index (χ2n) is 3.45. The summed E-state index contributed by atoms with van der Waals surface area (Å²) < 4.78 is 10.0. The van der Waals surface area contributed by atoms with Crippen molar-refractivity contribution < 1.29 is 19.7 Å². The summed E-state index contributed by atoms with van der Waals surface area (Å²) >= 11 is 0. The summed E-state index contributed by atoms with van der Waals surface area (Å²) in [6.07, 6.45) is -2.13. The van der Waals surface area contributed by atoms with Gasteiger partial charge in [0.1, 0.15) is 6.10 Å². The molecule has 0 aromatic carbocycles. The molecule has 0 bridgehead atoms. The Hall–Kier alpha value is -0.200. The molecule has 2 N–H and O–H groups in total. The summed E-state index contributed by atoms with van der Waals surface area (Å²) in [5.41, 5.74) is 0. The van der Waals surface area contributed by atoms with Gasteiger partial charge >= 0.3 is 0 Å². The first-order valence-corrected chi connectivity index (χ1v) is 4.25. The minimum absolute atomic E-state index is 0.193. The Morgan fingerprint density at radius 2 is 2.00 bits per heavy atom. The Bertz CT molecular complexity index is 164. The molecule has 1 aliphatic heterocycles. The lowest BCUT2D eigenvalue weighted by Gasteiger charge is -2.40. The third-order valence-electron chi connectivity index (χ3n) is 2.28. The number of hydrogen-bond donors (Lipinski definition) is 2. The van der Waals surface area contributed by atoms with Gasteiger partial charge in [0.15, 0.2) is 6.29 Å². The van der Waals surface area contributed by atoms with E-state index in [1.807, 2.05) is 0 Å². The monoisotopic (exact) mass is 191 g/mol. The number of nitrogens with zero attached hydrogens (tertiary/aromatic N) is 1. The van der Waals surface area contributed by atoms with Crippen molar-refractivity contribution in [2.24, 2.45) is 0 Å². The molecule has 0 radical (unpaired) electrons. The topological polar surface area (TPSA) is 62.2 Å². The SMILES string of the molecule is CO[C@H]1OC[C@@H](O)[C@@H](N(C)C)[C@H]1O. The lowest BCUT2D eigenvalue weighted by molar-refractivity contribution is -0.247. The highest BCUT2D eigenvalue weighted by Crippen LogP contribution is 2.19. The fraction of sp³-hybridized carbons (Fsp3) is 1.00. The maximum atomic E-state index is 9.72. The van der Waals surface area contributed by atoms with Gasteiger partial charge in [-0.1, -0.05) is 0 Å². The van der Waals surface area contributed by atoms with E-state index in [0.717, 1.165) is 0 Å². The smallest absolute Gasteiger partial charge is 0.184 e. The van der Waals surface area contributed by atoms with Gasteiger partial charge in [-0.15, -0.1) is 0 Å². The van der Waals surface area contributed by atoms with Gasteiger partial charge in [-0.05, 0) is 14.1 Å². The summed E-state index contributed by atoms with van der Waals surface area (Å²) in [6.45, 7) is 0.193. The number of likely N-dealkylation sites (N-methyl/N-ethyl adjacent to an activating group) is 1. The molecule has 0 aromatic rings. The van der Waals surface area contributed by atoms with E-state index < -0.39 is 18.5 Å². The Labute approximate surface area is 77.9 Å². The minimum Gasteiger partial charge on any atom is -0.389 e. The molecular formula is C8H17NO4. The molecule has 1 saturated heterocycles. The van der Waals surface area contributed by atoms with Crippen LogP contribution in [0.2, 0.25) is 0 Å². The molecular weight excluding hydrogens is 174 g/mol. The quantitative estimate of drug-likeness (QED) is 0.564. The zero-order valence-electron chi connectivity index (χ0n) is 8.17. The van der Waals surface area contributed by atoms with Crippen LogP contribution in [0.4, 0.5) is 0 Å². The van der Waals surface area contributed by atoms with Crippen molar-refractivity contribution in [3.05, 3.63) is 0 Å². The van der Waals surface area contributed by atoms with E-state index in [-0.39, 0.29) is 12.6 Å². The molecule has 0 unspecified atom stereocenters. The molecule has 1 fully saturated rings. The molecule has 4 atom stereocenters. The summed E-state index contributed by atoms with van der Waals surface area (Å²) in [7, 11) is 5.07. The molecule has 78 valence electrons. The van der Waals surface area contributed by atoms with E-state index in [4.69, 9.17) is 9.47 Å². The molecule has 1 heterocycles. The number of aliphatic hydroxyl groups is 2. The van der Waals surface area contributed by atoms with E-state index in [1.54, 1.807) is 19.0 Å². The highest BCUT2D eigenvalue weighted by molar-refractivity contribution is 4.88. The number of ether oxygens (including phenoxy) is 2. The van der Waals surface area contributed by atoms with E-state index in [1.165, 1.54) is 7.11 Å². The fourth-order valence-corrected chi connectivity index (χ4v) is 1.64. The van der Waals surface area contributed by atoms with Gasteiger partial charge in [0.2, 0.25) is 0 Å². The van der Waals surface area contributed by atoms with Gasteiger partial charge in [-0.3, -0.25) is 0 Å². The van der Waals surface area contributed by atoms with E-state index >= 15 is 0 Å². The van der Waals surface area contributed by atoms with Crippen LogP contribution in [0, 0.1) is 0 Å². The number of rotatable bonds is 2. The molecule has 0 amide bonds. The fourth-order valence-electron chi connectivity index (χ4n) is 1.64. The third kappa shape index (κ3) is 2.18. The zero-order chi connectivity index (χ0) is 10.0. The Kier molecular flexibility index (Phi) is 3.63. The summed E-state index contributed by atoms with van der Waals surface area (Å²) in [5.74, 6) is 0. The van der Waals surface area contributed by atoms with E-state index in [0.29, 0.717) is 0 Å². The van der Waals surface area contributed by atoms with Crippen LogP contribution in [-0.2, 0) is 9.47 Å². The van der Waals surface area contributed by atoms with Gasteiger partial charge in [0.25, 0.3) is 0 Å². The van der Waals surface area contributed by atoms with Crippen molar-refractivity contribution in [2.45, 2.75) is 24.5 Å². The summed E-state index contributed by atoms with van der Waals surface area (Å²) in [4.78, 5) is 1.77. The first-order chi connectivity index (χ1) is 6.07. The molecule has 13 heavy (non-hydrogen) atoms. The Morgan fingerprint density at radius 3 is 2.46 bits per heavy atom. The summed E-state index contributed by atoms with van der Waals surface area (Å²) in [6, 6.07) is -0.335. The Morgan fingerprint density at radius 1 is 1.38 bits per heavy atom. The van der Waals surface area contributed by atoms with Crippen LogP contribution < -0.4 is 0 Å². The van der Waals surface area contributed by atoms with E-state index in [2.05, 4.69) is 0 Å². The van der Waals surface area contributed by atoms with Crippen LogP contribution in [0.3, 0.4) is 0 Å². The molecule has 0 saturated carbocycles. The lowest BCUT2D eigenvalue weighted by atomic mass is 10.0. The molecule has 0 aliphatic carbocycles. The van der Waals surface area contributed by atoms with Gasteiger partial charge in [-0.25, -0.2) is 0 Å². The normalized spacial score (nSPS) is 41.1. The van der Waals surface area contributed by atoms with Crippen LogP contribution in [0.25, 0.3) is 0 Å². The van der Waals surface area contributed by atoms with Gasteiger partial charge < -0.3 is 24.6 Å². The maximum Gasteiger partial charge on any atom is 0.184 e. The molecule has 1 rings (SSSR count). The third-order valence-corrected chi connectivity index (χ3v) is 2.28. The van der Waals surface area contributed by atoms with Gasteiger partial charge in [0.05, 0.1) is 18.8 Å². The second-order valence-corrected chi connectivity index (χ2v) is 3.45. The largest absolute Gasteiger partial charge is 0.389 e. The van der Waals surface area contributed by atoms with E-state index in [9.17, 15) is 10.2 Å². The van der Waals surface area contributed by atoms with Crippen molar-refractivity contribution in [3.8, 4) is 0 Å². The molecule has 5 nitrogen and oxygen atoms in total. The van der Waals surface area contributed by atoms with Crippen LogP contribution in [0.15, 0.2) is 0 Å². The number of aliphatic hydroxyl groups excluding tert-OH is 2. The molecule has 0 spiro atoms. The van der Waals surface area contributed by atoms with Crippen LogP contribution in [0.5, 0.6) is 0 Å². The molecule has 1 aliphatic rings. The first-order valence-electron chi connectivity index (χ1n) is 4.25. The predicted octanol–water partition coefficient (Wildman–Crippen LogP) is -1.36. The average molecular weight is 191 g/mol. The maximum absolute atomic E-state index is 9.72. The van der Waals surface area contributed by atoms with Crippen molar-refractivity contribution in [2.75, 3.05) is 27.8 Å². The minimum atomic E-state index is -0.816. The van der Waals surface area contributed by atoms with Gasteiger partial charge in [-0.2, -0.15) is 0 Å². The van der Waals surface area contributed by atoms with Crippen molar-refractivity contribution >= 4 is 0 Å². The van der Waals surface area contributed by atoms with Crippen LogP contribution in [0.1, 0.15) is 0 Å². The summed E-state index contributed by atoms with van der Waals surface area (Å²) in [5, 5.41) is 19.3. The van der Waals surface area contributed by atoms with Crippen molar-refractivity contribution in [1.82, 2.24) is 4.90 Å². The number of hydrogen-bond acceptors (Lipinski definition) is 5. The van der Waals surface area contributed by atoms with Gasteiger partial charge in [0, 0.05) is 7.11 Å². The molecule has 0 aromatic heterocycles. The Balaban J connectivity index is 2.66. The van der Waals surface area contributed by atoms with Crippen LogP contribution >= 0.6 is 0 Å². The lowest BCUT2D eigenvalue weighted by Crippen LogP contribution is -2.59. The first kappa shape index (κ1) is 10.9. The highest BCUT2D eigenvalue weighted by Gasteiger charge is 2.39. The molecule has 5 heteroatoms. The zero-order valence-corrected chi connectivity index (χ0v) is 8.17. The van der Waals surface area contributed by atoms with Crippen LogP contribution in [-0.4, -0.2) is 67.5 Å².